The molecule has 15 rings (SSSR count). The fourth-order valence-electron chi connectivity index (χ4n) is 11.7. The van der Waals surface area contributed by atoms with E-state index in [9.17, 15) is 0 Å². The smallest absolute Gasteiger partial charge is 0.178 e. The Bertz CT molecular complexity index is 4030. The van der Waals surface area contributed by atoms with Gasteiger partial charge in [0, 0.05) is 38.7 Å². The van der Waals surface area contributed by atoms with Crippen LogP contribution in [0.2, 0.25) is 0 Å². The molecule has 0 radical (unpaired) electrons. The third-order valence-electron chi connectivity index (χ3n) is 14.7. The van der Waals surface area contributed by atoms with Crippen molar-refractivity contribution in [1.29, 1.82) is 0 Å². The van der Waals surface area contributed by atoms with Crippen molar-refractivity contribution in [3.8, 4) is 96.0 Å². The van der Waals surface area contributed by atoms with Gasteiger partial charge in [-0.3, -0.25) is 0 Å². The number of rotatable bonds is 5. The fourth-order valence-corrected chi connectivity index (χ4v) is 11.7. The molecule has 1 spiro atoms. The van der Waals surface area contributed by atoms with Crippen LogP contribution in [0, 0.1) is 0 Å². The summed E-state index contributed by atoms with van der Waals surface area (Å²) in [6, 6.07) is 84.3. The van der Waals surface area contributed by atoms with Crippen molar-refractivity contribution in [1.82, 2.24) is 14.5 Å². The number of hydrogen-bond acceptors (Lipinski definition) is 4. The molecule has 0 saturated heterocycles. The van der Waals surface area contributed by atoms with E-state index in [1.54, 1.807) is 0 Å². The summed E-state index contributed by atoms with van der Waals surface area (Å²) in [5.41, 5.74) is 19.6. The highest BCUT2D eigenvalue weighted by Gasteiger charge is 2.53. The molecule has 0 fully saturated rings. The molecule has 0 amide bonds. The van der Waals surface area contributed by atoms with Gasteiger partial charge in [-0.05, 0) is 111 Å². The van der Waals surface area contributed by atoms with E-state index in [2.05, 4.69) is 193 Å². The molecule has 2 aromatic heterocycles. The summed E-state index contributed by atoms with van der Waals surface area (Å²) in [5, 5.41) is 2.38. The van der Waals surface area contributed by atoms with E-state index >= 15 is 0 Å². The topological polar surface area (TPSA) is 49.2 Å². The average Bonchev–Trinajstić information content (AvgIpc) is 4.04. The van der Waals surface area contributed by atoms with Crippen molar-refractivity contribution in [3.63, 3.8) is 0 Å². The van der Waals surface area contributed by atoms with Crippen molar-refractivity contribution >= 4 is 21.8 Å². The van der Waals surface area contributed by atoms with Crippen LogP contribution < -0.4 is 9.47 Å². The molecule has 70 heavy (non-hydrogen) atoms. The summed E-state index contributed by atoms with van der Waals surface area (Å²) in [6.07, 6.45) is 0. The number of ether oxygens (including phenoxy) is 2. The molecule has 5 heteroatoms. The van der Waals surface area contributed by atoms with Gasteiger partial charge in [0.15, 0.2) is 28.8 Å². The second-order valence-electron chi connectivity index (χ2n) is 18.4. The first-order valence-electron chi connectivity index (χ1n) is 23.8. The number of para-hydroxylation sites is 3. The maximum Gasteiger partial charge on any atom is 0.178 e. The van der Waals surface area contributed by atoms with Crippen LogP contribution in [0.25, 0.3) is 94.8 Å². The van der Waals surface area contributed by atoms with Crippen LogP contribution in [-0.2, 0) is 5.41 Å². The molecule has 10 aromatic carbocycles. The lowest BCUT2D eigenvalue weighted by atomic mass is 9.70. The van der Waals surface area contributed by atoms with Gasteiger partial charge in [-0.2, -0.15) is 0 Å². The number of aromatic nitrogens is 3. The van der Waals surface area contributed by atoms with Gasteiger partial charge in [0.05, 0.1) is 27.8 Å². The van der Waals surface area contributed by atoms with Gasteiger partial charge in [-0.15, -0.1) is 0 Å². The van der Waals surface area contributed by atoms with Crippen LogP contribution in [0.15, 0.2) is 237 Å². The standard InChI is InChI=1S/C65H39N3O2/c1-3-16-40(17-4-1)55-39-56(67-64(66-55)41-18-5-2-6-19-41)44-20-15-21-45(36-44)68-57-27-12-9-24-48(57)50-37-42(31-34-58(50)68)43-30-32-49-54(38-43)65(51-25-10-7-22-46(51)47-23-8-11-26-52(47)65)53-33-35-61-63(62(49)53)70-60-29-14-13-28-59(60)69-61/h1-39H. The lowest BCUT2D eigenvalue weighted by Gasteiger charge is -2.31. The van der Waals surface area contributed by atoms with Crippen LogP contribution in [0.5, 0.6) is 23.0 Å². The van der Waals surface area contributed by atoms with Crippen molar-refractivity contribution in [3.05, 3.63) is 259 Å². The van der Waals surface area contributed by atoms with Crippen molar-refractivity contribution < 1.29 is 9.47 Å². The van der Waals surface area contributed by atoms with Gasteiger partial charge < -0.3 is 14.0 Å². The van der Waals surface area contributed by atoms with Crippen molar-refractivity contribution in [2.24, 2.45) is 0 Å². The lowest BCUT2D eigenvalue weighted by Crippen LogP contribution is -2.26. The number of benzene rings is 10. The zero-order chi connectivity index (χ0) is 45.9. The molecule has 0 saturated carbocycles. The highest BCUT2D eigenvalue weighted by atomic mass is 16.6. The molecule has 0 atom stereocenters. The Hall–Kier alpha value is -9.32. The van der Waals surface area contributed by atoms with E-state index in [0.717, 1.165) is 90.1 Å². The quantitative estimate of drug-likeness (QED) is 0.173. The van der Waals surface area contributed by atoms with Gasteiger partial charge in [-0.25, -0.2) is 9.97 Å². The van der Waals surface area contributed by atoms with Crippen LogP contribution in [0.3, 0.4) is 0 Å². The minimum Gasteiger partial charge on any atom is -0.449 e. The Morgan fingerprint density at radius 3 is 1.74 bits per heavy atom. The molecule has 2 aliphatic carbocycles. The maximum atomic E-state index is 6.84. The monoisotopic (exact) mass is 893 g/mol. The summed E-state index contributed by atoms with van der Waals surface area (Å²) < 4.78 is 15.8. The zero-order valence-corrected chi connectivity index (χ0v) is 37.7. The number of fused-ring (bicyclic) bond motifs is 16. The molecule has 0 N–H and O–H groups in total. The normalized spacial score (nSPS) is 13.2. The average molecular weight is 894 g/mol. The molecule has 12 aromatic rings. The van der Waals surface area contributed by atoms with E-state index in [4.69, 9.17) is 19.4 Å². The highest BCUT2D eigenvalue weighted by molar-refractivity contribution is 6.11. The first kappa shape index (κ1) is 38.8. The van der Waals surface area contributed by atoms with E-state index in [1.807, 2.05) is 48.5 Å². The molecule has 0 unspecified atom stereocenters. The minimum absolute atomic E-state index is 0.568. The fraction of sp³-hybridized carbons (Fsp3) is 0.0154. The van der Waals surface area contributed by atoms with E-state index in [-0.39, 0.29) is 0 Å². The predicted octanol–water partition coefficient (Wildman–Crippen LogP) is 16.5. The van der Waals surface area contributed by atoms with Crippen molar-refractivity contribution in [2.45, 2.75) is 5.41 Å². The second kappa shape index (κ2) is 14.8. The first-order chi connectivity index (χ1) is 34.7. The SMILES string of the molecule is c1ccc(-c2cc(-c3cccc(-n4c5ccccc5c5cc(-c6ccc7c(c6)C6(c8ccccc8-c8ccccc86)c6ccc8c(c6-7)Oc6ccccc6O8)ccc54)c3)nc(-c3ccccc3)n2)cc1. The number of nitrogens with zero attached hydrogens (tertiary/aromatic N) is 3. The van der Waals surface area contributed by atoms with Gasteiger partial charge in [0.2, 0.25) is 0 Å². The van der Waals surface area contributed by atoms with Crippen LogP contribution in [-0.4, -0.2) is 14.5 Å². The molecular formula is C65H39N3O2. The molecular weight excluding hydrogens is 855 g/mol. The van der Waals surface area contributed by atoms with Gasteiger partial charge >= 0.3 is 0 Å². The van der Waals surface area contributed by atoms with Gasteiger partial charge in [0.25, 0.3) is 0 Å². The summed E-state index contributed by atoms with van der Waals surface area (Å²) in [4.78, 5) is 10.2. The maximum absolute atomic E-state index is 6.84. The third-order valence-corrected chi connectivity index (χ3v) is 14.7. The van der Waals surface area contributed by atoms with E-state index in [0.29, 0.717) is 5.82 Å². The minimum atomic E-state index is -0.568. The largest absolute Gasteiger partial charge is 0.449 e. The molecule has 0 bridgehead atoms. The van der Waals surface area contributed by atoms with Gasteiger partial charge in [-0.1, -0.05) is 176 Å². The summed E-state index contributed by atoms with van der Waals surface area (Å²) in [7, 11) is 0. The zero-order valence-electron chi connectivity index (χ0n) is 37.7. The molecule has 1 aliphatic heterocycles. The molecule has 3 aliphatic rings. The van der Waals surface area contributed by atoms with E-state index in [1.165, 1.54) is 44.2 Å². The summed E-state index contributed by atoms with van der Waals surface area (Å²) in [5.74, 6) is 3.62. The summed E-state index contributed by atoms with van der Waals surface area (Å²) in [6.45, 7) is 0. The molecule has 3 heterocycles. The van der Waals surface area contributed by atoms with Crippen LogP contribution >= 0.6 is 0 Å². The third kappa shape index (κ3) is 5.54. The first-order valence-corrected chi connectivity index (χ1v) is 23.8. The molecule has 5 nitrogen and oxygen atoms in total. The Morgan fingerprint density at radius 1 is 0.343 bits per heavy atom. The Balaban J connectivity index is 0.894. The highest BCUT2D eigenvalue weighted by Crippen LogP contribution is 2.66. The van der Waals surface area contributed by atoms with Crippen LogP contribution in [0.1, 0.15) is 22.3 Å². The number of hydrogen-bond donors (Lipinski definition) is 0. The summed E-state index contributed by atoms with van der Waals surface area (Å²) >= 11 is 0. The Morgan fingerprint density at radius 2 is 0.957 bits per heavy atom. The Labute approximate surface area is 404 Å². The lowest BCUT2D eigenvalue weighted by molar-refractivity contribution is 0.360. The van der Waals surface area contributed by atoms with Crippen LogP contribution in [0.4, 0.5) is 0 Å². The Kier molecular flexibility index (Phi) is 8.21. The predicted molar refractivity (Wildman–Crippen MR) is 281 cm³/mol. The van der Waals surface area contributed by atoms with Gasteiger partial charge in [0.1, 0.15) is 0 Å². The second-order valence-corrected chi connectivity index (χ2v) is 18.4. The molecule has 326 valence electrons. The van der Waals surface area contributed by atoms with E-state index < -0.39 is 5.41 Å². The van der Waals surface area contributed by atoms with Crippen molar-refractivity contribution in [2.75, 3.05) is 0 Å².